The van der Waals surface area contributed by atoms with E-state index in [-0.39, 0.29) is 16.7 Å². The largest absolute Gasteiger partial charge is 0.493 e. The zero-order valence-electron chi connectivity index (χ0n) is 20.0. The van der Waals surface area contributed by atoms with Gasteiger partial charge in [0.25, 0.3) is 11.5 Å². The molecule has 0 unspecified atom stereocenters. The van der Waals surface area contributed by atoms with Crippen molar-refractivity contribution in [2.24, 2.45) is 5.10 Å². The summed E-state index contributed by atoms with van der Waals surface area (Å²) in [5, 5.41) is 9.85. The summed E-state index contributed by atoms with van der Waals surface area (Å²) >= 11 is 6.33. The van der Waals surface area contributed by atoms with Crippen molar-refractivity contribution in [3.8, 4) is 22.9 Å². The predicted octanol–water partition coefficient (Wildman–Crippen LogP) is 5.49. The molecule has 1 aromatic heterocycles. The predicted molar refractivity (Wildman–Crippen MR) is 143 cm³/mol. The lowest BCUT2D eigenvalue weighted by Crippen LogP contribution is -2.21. The van der Waals surface area contributed by atoms with Crippen LogP contribution in [0, 0.1) is 0 Å². The molecule has 5 rings (SSSR count). The van der Waals surface area contributed by atoms with E-state index in [2.05, 4.69) is 10.2 Å². The van der Waals surface area contributed by atoms with Crippen LogP contribution in [0.3, 0.4) is 0 Å². The van der Waals surface area contributed by atoms with Gasteiger partial charge >= 0.3 is 0 Å². The van der Waals surface area contributed by atoms with E-state index in [4.69, 9.17) is 21.1 Å². The van der Waals surface area contributed by atoms with Crippen LogP contribution in [0.1, 0.15) is 12.5 Å². The van der Waals surface area contributed by atoms with Gasteiger partial charge in [0.05, 0.1) is 36.0 Å². The summed E-state index contributed by atoms with van der Waals surface area (Å²) in [5.41, 5.74) is 2.54. The van der Waals surface area contributed by atoms with Gasteiger partial charge in [0.15, 0.2) is 22.3 Å². The summed E-state index contributed by atoms with van der Waals surface area (Å²) in [6.45, 7) is 1.79. The van der Waals surface area contributed by atoms with E-state index in [1.54, 1.807) is 55.5 Å². The monoisotopic (exact) mass is 512 g/mol. The number of carbonyl (C=O) groups excluding carboxylic acids is 1. The molecule has 9 heteroatoms. The number of rotatable bonds is 6. The zero-order valence-corrected chi connectivity index (χ0v) is 20.7. The molecule has 184 valence electrons. The van der Waals surface area contributed by atoms with Gasteiger partial charge in [-0.05, 0) is 55.0 Å². The number of nitrogens with zero attached hydrogens (tertiary/aromatic N) is 4. The zero-order chi connectivity index (χ0) is 25.9. The lowest BCUT2D eigenvalue weighted by atomic mass is 10.1. The molecule has 8 nitrogen and oxygen atoms in total. The third kappa shape index (κ3) is 4.74. The molecule has 2 heterocycles. The molecule has 0 radical (unpaired) electrons. The first-order chi connectivity index (χ1) is 18.0. The summed E-state index contributed by atoms with van der Waals surface area (Å²) in [5.74, 6) is 0.590. The smallest absolute Gasteiger partial charge is 0.294 e. The number of anilines is 1. The van der Waals surface area contributed by atoms with E-state index in [1.807, 2.05) is 36.4 Å². The SMILES string of the molecule is COc1cc(C=C2C(=O)N(c3ccccc3)N=C2C)ccc1Oc1cnn(-c2ccccc2)c(=O)c1Cl. The number of halogens is 1. The third-order valence-corrected chi connectivity index (χ3v) is 6.02. The topological polar surface area (TPSA) is 86.0 Å². The molecule has 0 aliphatic carbocycles. The quantitative estimate of drug-likeness (QED) is 0.319. The highest BCUT2D eigenvalue weighted by molar-refractivity contribution is 6.32. The van der Waals surface area contributed by atoms with Gasteiger partial charge < -0.3 is 9.47 Å². The fourth-order valence-electron chi connectivity index (χ4n) is 3.81. The molecule has 37 heavy (non-hydrogen) atoms. The van der Waals surface area contributed by atoms with Crippen molar-refractivity contribution >= 4 is 35.0 Å². The molecule has 4 aromatic rings. The average Bonchev–Trinajstić information content (AvgIpc) is 3.21. The second kappa shape index (κ2) is 10.1. The molecule has 0 bridgehead atoms. The Bertz CT molecular complexity index is 1600. The van der Waals surface area contributed by atoms with Gasteiger partial charge in [-0.2, -0.15) is 19.9 Å². The number of carbonyl (C=O) groups is 1. The minimum atomic E-state index is -0.511. The molecule has 1 aliphatic rings. The highest BCUT2D eigenvalue weighted by Crippen LogP contribution is 2.35. The van der Waals surface area contributed by atoms with E-state index in [0.29, 0.717) is 39.7 Å². The number of ether oxygens (including phenoxy) is 2. The van der Waals surface area contributed by atoms with Gasteiger partial charge in [-0.15, -0.1) is 0 Å². The number of methoxy groups -OCH3 is 1. The minimum Gasteiger partial charge on any atom is -0.493 e. The van der Waals surface area contributed by atoms with Crippen molar-refractivity contribution in [3.63, 3.8) is 0 Å². The fraction of sp³-hybridized carbons (Fsp3) is 0.0714. The Labute approximate surface area is 217 Å². The lowest BCUT2D eigenvalue weighted by Gasteiger charge is -2.13. The van der Waals surface area contributed by atoms with Gasteiger partial charge in [-0.1, -0.05) is 54.1 Å². The van der Waals surface area contributed by atoms with Crippen LogP contribution in [0.15, 0.2) is 101 Å². The molecule has 0 fully saturated rings. The third-order valence-electron chi connectivity index (χ3n) is 5.67. The fourth-order valence-corrected chi connectivity index (χ4v) is 3.98. The summed E-state index contributed by atoms with van der Waals surface area (Å²) in [4.78, 5) is 25.8. The first-order valence-electron chi connectivity index (χ1n) is 11.3. The van der Waals surface area contributed by atoms with E-state index in [1.165, 1.54) is 23.0 Å². The van der Waals surface area contributed by atoms with Crippen molar-refractivity contribution in [3.05, 3.63) is 112 Å². The van der Waals surface area contributed by atoms with E-state index < -0.39 is 5.56 Å². The summed E-state index contributed by atoms with van der Waals surface area (Å²) in [6.07, 6.45) is 3.12. The van der Waals surface area contributed by atoms with Gasteiger partial charge in [0.2, 0.25) is 0 Å². The Kier molecular flexibility index (Phi) is 6.57. The van der Waals surface area contributed by atoms with Crippen LogP contribution in [0.25, 0.3) is 11.8 Å². The average molecular weight is 513 g/mol. The second-order valence-corrected chi connectivity index (χ2v) is 8.46. The number of hydrogen-bond donors (Lipinski definition) is 0. The first-order valence-corrected chi connectivity index (χ1v) is 11.7. The van der Waals surface area contributed by atoms with Crippen LogP contribution in [0.2, 0.25) is 5.02 Å². The van der Waals surface area contributed by atoms with Crippen LogP contribution in [-0.2, 0) is 4.79 Å². The Morgan fingerprint density at radius 3 is 2.22 bits per heavy atom. The number of amides is 1. The maximum Gasteiger partial charge on any atom is 0.294 e. The molecule has 1 amide bonds. The highest BCUT2D eigenvalue weighted by Gasteiger charge is 2.28. The molecular formula is C28H21ClN4O4. The van der Waals surface area contributed by atoms with Crippen LogP contribution >= 0.6 is 11.6 Å². The number of aromatic nitrogens is 2. The van der Waals surface area contributed by atoms with E-state index >= 15 is 0 Å². The maximum atomic E-state index is 13.0. The lowest BCUT2D eigenvalue weighted by molar-refractivity contribution is -0.114. The van der Waals surface area contributed by atoms with Crippen molar-refractivity contribution in [2.75, 3.05) is 12.1 Å². The van der Waals surface area contributed by atoms with Crippen molar-refractivity contribution in [1.82, 2.24) is 9.78 Å². The highest BCUT2D eigenvalue weighted by atomic mass is 35.5. The van der Waals surface area contributed by atoms with E-state index in [9.17, 15) is 9.59 Å². The van der Waals surface area contributed by atoms with Crippen molar-refractivity contribution < 1.29 is 14.3 Å². The van der Waals surface area contributed by atoms with E-state index in [0.717, 1.165) is 0 Å². The number of hydrazone groups is 1. The molecule has 0 saturated heterocycles. The standard InChI is InChI=1S/C28H21ClN4O4/c1-18-22(27(34)33(31-18)21-11-7-4-8-12-21)15-19-13-14-23(24(16-19)36-2)37-25-17-30-32(28(35)26(25)29)20-9-5-3-6-10-20/h3-17H,1-2H3. The molecule has 0 atom stereocenters. The Hall–Kier alpha value is -4.69. The van der Waals surface area contributed by atoms with Gasteiger partial charge in [0.1, 0.15) is 0 Å². The second-order valence-electron chi connectivity index (χ2n) is 8.08. The summed E-state index contributed by atoms with van der Waals surface area (Å²) < 4.78 is 12.6. The van der Waals surface area contributed by atoms with Gasteiger partial charge in [-0.3, -0.25) is 9.59 Å². The molecular weight excluding hydrogens is 492 g/mol. The Balaban J connectivity index is 1.41. The Morgan fingerprint density at radius 2 is 1.54 bits per heavy atom. The molecule has 1 aliphatic heterocycles. The van der Waals surface area contributed by atoms with Crippen LogP contribution in [-0.4, -0.2) is 28.5 Å². The molecule has 0 N–H and O–H groups in total. The van der Waals surface area contributed by atoms with Crippen molar-refractivity contribution in [2.45, 2.75) is 6.92 Å². The van der Waals surface area contributed by atoms with Gasteiger partial charge in [0, 0.05) is 0 Å². The number of para-hydroxylation sites is 2. The number of hydrogen-bond acceptors (Lipinski definition) is 6. The minimum absolute atomic E-state index is 0.0932. The van der Waals surface area contributed by atoms with Crippen molar-refractivity contribution in [1.29, 1.82) is 0 Å². The maximum absolute atomic E-state index is 13.0. The van der Waals surface area contributed by atoms with Crippen LogP contribution in [0.4, 0.5) is 5.69 Å². The van der Waals surface area contributed by atoms with Crippen LogP contribution < -0.4 is 20.0 Å². The van der Waals surface area contributed by atoms with Gasteiger partial charge in [-0.25, -0.2) is 0 Å². The normalized spacial score (nSPS) is 14.1. The first kappa shape index (κ1) is 24.0. The summed E-state index contributed by atoms with van der Waals surface area (Å²) in [7, 11) is 1.50. The number of benzene rings is 3. The van der Waals surface area contributed by atoms with Crippen LogP contribution in [0.5, 0.6) is 17.2 Å². The summed E-state index contributed by atoms with van der Waals surface area (Å²) in [6, 6.07) is 23.3. The molecule has 3 aromatic carbocycles. The molecule has 0 spiro atoms. The molecule has 0 saturated carbocycles. The Morgan fingerprint density at radius 1 is 0.865 bits per heavy atom.